The third-order valence-electron chi connectivity index (χ3n) is 2.07. The molecule has 0 radical (unpaired) electrons. The van der Waals surface area contributed by atoms with Crippen molar-refractivity contribution in [1.82, 2.24) is 0 Å². The summed E-state index contributed by atoms with van der Waals surface area (Å²) in [5.41, 5.74) is 0.512. The van der Waals surface area contributed by atoms with Crippen molar-refractivity contribution in [1.29, 1.82) is 0 Å². The minimum absolute atomic E-state index is 0.216. The van der Waals surface area contributed by atoms with E-state index >= 15 is 0 Å². The zero-order valence-electron chi connectivity index (χ0n) is 8.18. The molecule has 0 unspecified atom stereocenters. The maximum absolute atomic E-state index is 13.2. The monoisotopic (exact) mass is 223 g/mol. The number of anilines is 2. The zero-order chi connectivity index (χ0) is 11.5. The number of halogens is 3. The van der Waals surface area contributed by atoms with E-state index in [9.17, 15) is 13.2 Å². The van der Waals surface area contributed by atoms with Crippen molar-refractivity contribution in [2.75, 3.05) is 5.32 Å². The average Bonchev–Trinajstić information content (AvgIpc) is 2.27. The minimum atomic E-state index is -0.971. The highest BCUT2D eigenvalue weighted by molar-refractivity contribution is 5.59. The number of para-hydroxylation sites is 1. The second-order valence-corrected chi connectivity index (χ2v) is 3.23. The van der Waals surface area contributed by atoms with Crippen LogP contribution in [0.25, 0.3) is 0 Å². The summed E-state index contributed by atoms with van der Waals surface area (Å²) in [7, 11) is 0. The Hall–Kier alpha value is -1.97. The molecule has 0 heterocycles. The van der Waals surface area contributed by atoms with Gasteiger partial charge < -0.3 is 5.32 Å². The third-order valence-corrected chi connectivity index (χ3v) is 2.07. The van der Waals surface area contributed by atoms with E-state index in [0.29, 0.717) is 5.69 Å². The number of nitrogens with one attached hydrogen (secondary N) is 1. The van der Waals surface area contributed by atoms with Gasteiger partial charge in [-0.05, 0) is 24.3 Å². The summed E-state index contributed by atoms with van der Waals surface area (Å²) in [5, 5.41) is 2.66. The van der Waals surface area contributed by atoms with Crippen LogP contribution in [0.3, 0.4) is 0 Å². The molecule has 0 saturated carbocycles. The van der Waals surface area contributed by atoms with Crippen LogP contribution in [-0.2, 0) is 0 Å². The first-order valence-corrected chi connectivity index (χ1v) is 4.63. The molecular formula is C12H8F3N. The Morgan fingerprint density at radius 1 is 0.750 bits per heavy atom. The Balaban J connectivity index is 2.28. The van der Waals surface area contributed by atoms with Gasteiger partial charge in [0, 0.05) is 11.8 Å². The fourth-order valence-corrected chi connectivity index (χ4v) is 1.29. The topological polar surface area (TPSA) is 12.0 Å². The van der Waals surface area contributed by atoms with Crippen molar-refractivity contribution in [2.45, 2.75) is 0 Å². The first-order chi connectivity index (χ1) is 7.66. The van der Waals surface area contributed by atoms with Crippen molar-refractivity contribution < 1.29 is 13.2 Å². The second-order valence-electron chi connectivity index (χ2n) is 3.23. The number of hydrogen-bond donors (Lipinski definition) is 1. The van der Waals surface area contributed by atoms with Crippen LogP contribution in [0.1, 0.15) is 0 Å². The Morgan fingerprint density at radius 3 is 2.19 bits per heavy atom. The number of benzene rings is 2. The van der Waals surface area contributed by atoms with Gasteiger partial charge in [-0.25, -0.2) is 13.2 Å². The molecule has 16 heavy (non-hydrogen) atoms. The van der Waals surface area contributed by atoms with Gasteiger partial charge in [0.05, 0.1) is 5.69 Å². The van der Waals surface area contributed by atoms with E-state index in [2.05, 4.69) is 5.32 Å². The van der Waals surface area contributed by atoms with Gasteiger partial charge in [0.1, 0.15) is 5.82 Å². The summed E-state index contributed by atoms with van der Waals surface area (Å²) < 4.78 is 38.7. The van der Waals surface area contributed by atoms with Gasteiger partial charge in [-0.1, -0.05) is 12.1 Å². The lowest BCUT2D eigenvalue weighted by Crippen LogP contribution is -1.94. The fraction of sp³-hybridized carbons (Fsp3) is 0. The number of hydrogen-bond acceptors (Lipinski definition) is 1. The predicted molar refractivity (Wildman–Crippen MR) is 56.0 cm³/mol. The molecule has 0 amide bonds. The SMILES string of the molecule is Fc1ccc(Nc2ccccc2F)cc1F. The summed E-state index contributed by atoms with van der Waals surface area (Å²) >= 11 is 0. The van der Waals surface area contributed by atoms with Gasteiger partial charge in [-0.15, -0.1) is 0 Å². The van der Waals surface area contributed by atoms with Crippen LogP contribution in [0.5, 0.6) is 0 Å². The predicted octanol–water partition coefficient (Wildman–Crippen LogP) is 3.85. The largest absolute Gasteiger partial charge is 0.353 e. The van der Waals surface area contributed by atoms with Gasteiger partial charge in [-0.2, -0.15) is 0 Å². The lowest BCUT2D eigenvalue weighted by atomic mass is 10.2. The molecule has 2 aromatic rings. The molecule has 0 aliphatic heterocycles. The van der Waals surface area contributed by atoms with E-state index in [4.69, 9.17) is 0 Å². The standard InChI is InChI=1S/C12H8F3N/c13-9-6-5-8(7-11(9)15)16-12-4-2-1-3-10(12)14/h1-7,16H. The van der Waals surface area contributed by atoms with E-state index < -0.39 is 17.5 Å². The highest BCUT2D eigenvalue weighted by atomic mass is 19.2. The lowest BCUT2D eigenvalue weighted by Gasteiger charge is -2.07. The minimum Gasteiger partial charge on any atom is -0.353 e. The summed E-state index contributed by atoms with van der Waals surface area (Å²) in [6.07, 6.45) is 0. The van der Waals surface area contributed by atoms with Crippen LogP contribution >= 0.6 is 0 Å². The molecule has 1 N–H and O–H groups in total. The van der Waals surface area contributed by atoms with Crippen LogP contribution in [0.2, 0.25) is 0 Å². The molecular weight excluding hydrogens is 215 g/mol. The molecule has 0 saturated heterocycles. The van der Waals surface area contributed by atoms with Crippen molar-refractivity contribution in [3.8, 4) is 0 Å². The maximum atomic E-state index is 13.2. The molecule has 0 atom stereocenters. The van der Waals surface area contributed by atoms with Crippen LogP contribution in [0.15, 0.2) is 42.5 Å². The van der Waals surface area contributed by atoms with Gasteiger partial charge in [0.25, 0.3) is 0 Å². The molecule has 2 aromatic carbocycles. The van der Waals surface area contributed by atoms with Crippen LogP contribution in [-0.4, -0.2) is 0 Å². The van der Waals surface area contributed by atoms with E-state index in [-0.39, 0.29) is 5.69 Å². The Bertz CT molecular complexity index is 511. The Labute approximate surface area is 90.5 Å². The van der Waals surface area contributed by atoms with Gasteiger partial charge in [-0.3, -0.25) is 0 Å². The lowest BCUT2D eigenvalue weighted by molar-refractivity contribution is 0.509. The first kappa shape index (κ1) is 10.5. The molecule has 0 bridgehead atoms. The molecule has 0 aliphatic rings. The van der Waals surface area contributed by atoms with Crippen molar-refractivity contribution in [3.05, 3.63) is 59.9 Å². The average molecular weight is 223 g/mol. The first-order valence-electron chi connectivity index (χ1n) is 4.63. The van der Waals surface area contributed by atoms with E-state index in [1.54, 1.807) is 12.1 Å². The van der Waals surface area contributed by atoms with E-state index in [0.717, 1.165) is 12.1 Å². The third kappa shape index (κ3) is 2.16. The summed E-state index contributed by atoms with van der Waals surface area (Å²) in [4.78, 5) is 0. The highest BCUT2D eigenvalue weighted by Crippen LogP contribution is 2.20. The molecule has 2 rings (SSSR count). The van der Waals surface area contributed by atoms with E-state index in [1.807, 2.05) is 0 Å². The smallest absolute Gasteiger partial charge is 0.160 e. The Kier molecular flexibility index (Phi) is 2.81. The molecule has 82 valence electrons. The molecule has 0 aromatic heterocycles. The summed E-state index contributed by atoms with van der Waals surface area (Å²) in [6.45, 7) is 0. The van der Waals surface area contributed by atoms with Crippen molar-refractivity contribution in [3.63, 3.8) is 0 Å². The normalized spacial score (nSPS) is 10.2. The van der Waals surface area contributed by atoms with Crippen LogP contribution in [0, 0.1) is 17.5 Å². The Morgan fingerprint density at radius 2 is 1.50 bits per heavy atom. The maximum Gasteiger partial charge on any atom is 0.160 e. The molecule has 1 nitrogen and oxygen atoms in total. The van der Waals surface area contributed by atoms with Crippen molar-refractivity contribution >= 4 is 11.4 Å². The highest BCUT2D eigenvalue weighted by Gasteiger charge is 2.04. The molecule has 0 aliphatic carbocycles. The zero-order valence-corrected chi connectivity index (χ0v) is 8.18. The summed E-state index contributed by atoms with van der Waals surface area (Å²) in [6, 6.07) is 9.28. The summed E-state index contributed by atoms with van der Waals surface area (Å²) in [5.74, 6) is -2.35. The van der Waals surface area contributed by atoms with Crippen LogP contribution in [0.4, 0.5) is 24.5 Å². The van der Waals surface area contributed by atoms with Crippen molar-refractivity contribution in [2.24, 2.45) is 0 Å². The number of rotatable bonds is 2. The van der Waals surface area contributed by atoms with E-state index in [1.165, 1.54) is 18.2 Å². The second kappa shape index (κ2) is 4.26. The van der Waals surface area contributed by atoms with Gasteiger partial charge >= 0.3 is 0 Å². The molecule has 4 heteroatoms. The van der Waals surface area contributed by atoms with Gasteiger partial charge in [0.15, 0.2) is 11.6 Å². The van der Waals surface area contributed by atoms with Crippen LogP contribution < -0.4 is 5.32 Å². The molecule has 0 fully saturated rings. The quantitative estimate of drug-likeness (QED) is 0.815. The van der Waals surface area contributed by atoms with Gasteiger partial charge in [0.2, 0.25) is 0 Å². The molecule has 0 spiro atoms. The fourth-order valence-electron chi connectivity index (χ4n) is 1.29.